The Hall–Kier alpha value is -1.71. The molecule has 3 nitrogen and oxygen atoms in total. The Balaban J connectivity index is 1.24. The number of hydrogen-bond donors (Lipinski definition) is 0. The van der Waals surface area contributed by atoms with Crippen LogP contribution in [-0.4, -0.2) is 29.7 Å². The normalized spacial score (nSPS) is 35.4. The number of amides is 1. The van der Waals surface area contributed by atoms with Gasteiger partial charge in [-0.25, -0.2) is 4.39 Å². The summed E-state index contributed by atoms with van der Waals surface area (Å²) >= 11 is 0. The second kappa shape index (κ2) is 6.42. The van der Waals surface area contributed by atoms with Gasteiger partial charge >= 0.3 is 0 Å². The van der Waals surface area contributed by atoms with E-state index >= 15 is 0 Å². The second-order valence-electron chi connectivity index (χ2n) is 9.64. The topological polar surface area (TPSA) is 37.4 Å². The molecule has 4 aliphatic carbocycles. The van der Waals surface area contributed by atoms with Gasteiger partial charge in [0.2, 0.25) is 5.91 Å². The van der Waals surface area contributed by atoms with Gasteiger partial charge in [-0.05, 0) is 93.4 Å². The molecular formula is C23H28FNO2. The highest BCUT2D eigenvalue weighted by molar-refractivity contribution is 5.98. The molecule has 27 heavy (non-hydrogen) atoms. The average molecular weight is 369 g/mol. The first-order chi connectivity index (χ1) is 13.0. The lowest BCUT2D eigenvalue weighted by Gasteiger charge is -2.57. The third kappa shape index (κ3) is 3.01. The van der Waals surface area contributed by atoms with E-state index in [0.29, 0.717) is 24.6 Å². The molecule has 0 unspecified atom stereocenters. The first kappa shape index (κ1) is 17.4. The van der Waals surface area contributed by atoms with Gasteiger partial charge in [-0.2, -0.15) is 0 Å². The first-order valence-corrected chi connectivity index (χ1v) is 10.6. The van der Waals surface area contributed by atoms with Crippen LogP contribution in [0, 0.1) is 34.9 Å². The predicted molar refractivity (Wildman–Crippen MR) is 101 cm³/mol. The Bertz CT molecular complexity index is 713. The summed E-state index contributed by atoms with van der Waals surface area (Å²) in [4.78, 5) is 28.2. The van der Waals surface area contributed by atoms with E-state index in [9.17, 15) is 14.0 Å². The van der Waals surface area contributed by atoms with Crippen molar-refractivity contribution in [2.75, 3.05) is 13.1 Å². The maximum absolute atomic E-state index is 13.4. The van der Waals surface area contributed by atoms with Crippen LogP contribution in [0.2, 0.25) is 0 Å². The van der Waals surface area contributed by atoms with Crippen LogP contribution in [-0.2, 0) is 4.79 Å². The molecule has 1 aliphatic heterocycles. The van der Waals surface area contributed by atoms with Crippen molar-refractivity contribution in [1.82, 2.24) is 4.90 Å². The highest BCUT2D eigenvalue weighted by atomic mass is 19.1. The lowest BCUT2D eigenvalue weighted by molar-refractivity contribution is -0.158. The number of nitrogens with zero attached hydrogens (tertiary/aromatic N) is 1. The van der Waals surface area contributed by atoms with Crippen molar-refractivity contribution in [1.29, 1.82) is 0 Å². The fourth-order valence-electron chi connectivity index (χ4n) is 6.90. The predicted octanol–water partition coefficient (Wildman–Crippen LogP) is 4.46. The van der Waals surface area contributed by atoms with Crippen LogP contribution in [0.3, 0.4) is 0 Å². The molecule has 0 aromatic heterocycles. The Labute approximate surface area is 160 Å². The third-order valence-corrected chi connectivity index (χ3v) is 7.77. The third-order valence-electron chi connectivity index (χ3n) is 7.77. The number of piperidine rings is 1. The van der Waals surface area contributed by atoms with Crippen molar-refractivity contribution in [3.8, 4) is 0 Å². The van der Waals surface area contributed by atoms with E-state index in [2.05, 4.69) is 4.90 Å². The van der Waals surface area contributed by atoms with E-state index < -0.39 is 0 Å². The molecular weight excluding hydrogens is 341 g/mol. The van der Waals surface area contributed by atoms with Crippen LogP contribution in [0.25, 0.3) is 0 Å². The van der Waals surface area contributed by atoms with Gasteiger partial charge in [0.15, 0.2) is 5.78 Å². The number of rotatable bonds is 3. The van der Waals surface area contributed by atoms with E-state index in [0.717, 1.165) is 49.9 Å². The molecule has 0 radical (unpaired) electrons. The summed E-state index contributed by atoms with van der Waals surface area (Å²) in [6, 6.07) is 5.84. The summed E-state index contributed by atoms with van der Waals surface area (Å²) < 4.78 is 13.1. The van der Waals surface area contributed by atoms with E-state index in [1.165, 1.54) is 31.4 Å². The van der Waals surface area contributed by atoms with E-state index in [-0.39, 0.29) is 22.9 Å². The number of Topliss-reactive ketones (excluding diaryl/α,β-unsaturated/α-hetero) is 1. The fourth-order valence-corrected chi connectivity index (χ4v) is 6.90. The summed E-state index contributed by atoms with van der Waals surface area (Å²) in [5.74, 6) is 2.44. The maximum atomic E-state index is 13.4. The maximum Gasteiger partial charge on any atom is 0.228 e. The molecule has 6 rings (SSSR count). The number of halogens is 1. The number of hydrogen-bond acceptors (Lipinski definition) is 2. The molecule has 0 atom stereocenters. The minimum atomic E-state index is -0.317. The minimum absolute atomic E-state index is 0.0455. The highest BCUT2D eigenvalue weighted by Crippen LogP contribution is 2.60. The van der Waals surface area contributed by atoms with Crippen LogP contribution >= 0.6 is 0 Å². The summed E-state index contributed by atoms with van der Waals surface area (Å²) in [7, 11) is 0. The minimum Gasteiger partial charge on any atom is -0.342 e. The number of carbonyl (C=O) groups excluding carboxylic acids is 2. The molecule has 1 aromatic carbocycles. The van der Waals surface area contributed by atoms with Crippen molar-refractivity contribution in [3.63, 3.8) is 0 Å². The van der Waals surface area contributed by atoms with E-state index in [4.69, 9.17) is 0 Å². The smallest absolute Gasteiger partial charge is 0.228 e. The molecule has 1 heterocycles. The fraction of sp³-hybridized carbons (Fsp3) is 0.652. The molecule has 1 aromatic rings. The van der Waals surface area contributed by atoms with Gasteiger partial charge in [0.1, 0.15) is 5.82 Å². The molecule has 1 saturated heterocycles. The number of benzene rings is 1. The van der Waals surface area contributed by atoms with Crippen LogP contribution in [0.5, 0.6) is 0 Å². The zero-order chi connectivity index (χ0) is 18.6. The van der Waals surface area contributed by atoms with Crippen molar-refractivity contribution >= 4 is 11.7 Å². The number of likely N-dealkylation sites (tertiary alicyclic amines) is 1. The van der Waals surface area contributed by atoms with Crippen LogP contribution in [0.1, 0.15) is 61.7 Å². The molecule has 1 amide bonds. The summed E-state index contributed by atoms with van der Waals surface area (Å²) in [5, 5.41) is 0. The van der Waals surface area contributed by atoms with Gasteiger partial charge in [0.25, 0.3) is 0 Å². The number of carbonyl (C=O) groups is 2. The van der Waals surface area contributed by atoms with Gasteiger partial charge in [-0.1, -0.05) is 0 Å². The Morgan fingerprint density at radius 3 is 1.93 bits per heavy atom. The van der Waals surface area contributed by atoms with E-state index in [1.54, 1.807) is 12.1 Å². The molecule has 0 spiro atoms. The van der Waals surface area contributed by atoms with Crippen LogP contribution in [0.15, 0.2) is 24.3 Å². The monoisotopic (exact) mass is 369 g/mol. The Kier molecular flexibility index (Phi) is 4.14. The van der Waals surface area contributed by atoms with Crippen LogP contribution in [0.4, 0.5) is 4.39 Å². The Morgan fingerprint density at radius 1 is 0.889 bits per heavy atom. The van der Waals surface area contributed by atoms with Crippen molar-refractivity contribution < 1.29 is 14.0 Å². The lowest BCUT2D eigenvalue weighted by Crippen LogP contribution is -2.55. The average Bonchev–Trinajstić information content (AvgIpc) is 2.66. The van der Waals surface area contributed by atoms with Gasteiger partial charge in [0.05, 0.1) is 5.41 Å². The van der Waals surface area contributed by atoms with Gasteiger partial charge in [-0.3, -0.25) is 9.59 Å². The van der Waals surface area contributed by atoms with Gasteiger partial charge in [-0.15, -0.1) is 0 Å². The van der Waals surface area contributed by atoms with Crippen LogP contribution < -0.4 is 0 Å². The first-order valence-electron chi connectivity index (χ1n) is 10.6. The molecule has 5 aliphatic rings. The summed E-state index contributed by atoms with van der Waals surface area (Å²) in [6.07, 6.45) is 8.82. The molecule has 4 saturated carbocycles. The molecule has 144 valence electrons. The van der Waals surface area contributed by atoms with Gasteiger partial charge < -0.3 is 4.90 Å². The number of ketones is 1. The SMILES string of the molecule is O=C(c1ccc(F)cc1)C1CCN(C(=O)C23CC4CC(CC(C4)C2)C3)CC1. The summed E-state index contributed by atoms with van der Waals surface area (Å²) in [5.41, 5.74) is 0.505. The largest absolute Gasteiger partial charge is 0.342 e. The summed E-state index contributed by atoms with van der Waals surface area (Å²) in [6.45, 7) is 1.39. The molecule has 4 heteroatoms. The van der Waals surface area contributed by atoms with Crippen molar-refractivity contribution in [2.45, 2.75) is 51.4 Å². The van der Waals surface area contributed by atoms with E-state index in [1.807, 2.05) is 0 Å². The van der Waals surface area contributed by atoms with Crippen molar-refractivity contribution in [3.05, 3.63) is 35.6 Å². The van der Waals surface area contributed by atoms with Crippen molar-refractivity contribution in [2.24, 2.45) is 29.1 Å². The quantitative estimate of drug-likeness (QED) is 0.738. The molecule has 4 bridgehead atoms. The Morgan fingerprint density at radius 2 is 1.41 bits per heavy atom. The lowest BCUT2D eigenvalue weighted by atomic mass is 9.49. The molecule has 5 fully saturated rings. The second-order valence-corrected chi connectivity index (χ2v) is 9.64. The highest BCUT2D eigenvalue weighted by Gasteiger charge is 2.55. The standard InChI is InChI=1S/C23H28FNO2/c24-20-3-1-18(2-4-20)21(26)19-5-7-25(8-6-19)22(27)23-12-15-9-16(13-23)11-17(10-15)14-23/h1-4,15-17,19H,5-14H2. The van der Waals surface area contributed by atoms with Gasteiger partial charge in [0, 0.05) is 24.6 Å². The molecule has 0 N–H and O–H groups in total. The zero-order valence-corrected chi connectivity index (χ0v) is 15.8. The zero-order valence-electron chi connectivity index (χ0n) is 15.8.